The van der Waals surface area contributed by atoms with Crippen LogP contribution in [0.4, 0.5) is 4.79 Å². The van der Waals surface area contributed by atoms with Gasteiger partial charge in [0.15, 0.2) is 11.9 Å². The van der Waals surface area contributed by atoms with Crippen LogP contribution in [0.15, 0.2) is 47.5 Å². The van der Waals surface area contributed by atoms with Crippen LogP contribution in [0.25, 0.3) is 0 Å². The lowest BCUT2D eigenvalue weighted by Gasteiger charge is -2.28. The number of ether oxygens (including phenoxy) is 4. The SMILES string of the molecule is CC(C)C(=O)N/C(=N/C=N)c1ccc([C@]2(C#N)O[C@H](COC(=O)Cc3ccccc3)[C@@H](OC(=O)[C@@H](NC(=O)OC(C)(C)C)C(C)C)[C@H]2O)[nH]1. The molecule has 1 fully saturated rings. The van der Waals surface area contributed by atoms with E-state index in [0.29, 0.717) is 5.56 Å². The van der Waals surface area contributed by atoms with E-state index in [1.165, 1.54) is 12.1 Å². The number of aromatic amines is 1. The first kappa shape index (κ1) is 38.4. The number of amides is 2. The first-order chi connectivity index (χ1) is 23.0. The van der Waals surface area contributed by atoms with Gasteiger partial charge in [0, 0.05) is 5.92 Å². The van der Waals surface area contributed by atoms with Crippen molar-refractivity contribution in [3.8, 4) is 6.07 Å². The molecule has 2 aromatic rings. The van der Waals surface area contributed by atoms with Gasteiger partial charge in [-0.1, -0.05) is 58.0 Å². The summed E-state index contributed by atoms with van der Waals surface area (Å²) in [6.07, 6.45) is -4.95. The normalized spacial score (nSPS) is 21.4. The molecule has 5 atom stereocenters. The number of hydrogen-bond donors (Lipinski definition) is 5. The second kappa shape index (κ2) is 16.4. The lowest BCUT2D eigenvalue weighted by atomic mass is 9.92. The smallest absolute Gasteiger partial charge is 0.408 e. The maximum Gasteiger partial charge on any atom is 0.408 e. The maximum atomic E-state index is 13.5. The Hall–Kier alpha value is -5.07. The number of H-pyrrole nitrogens is 1. The summed E-state index contributed by atoms with van der Waals surface area (Å²) in [5.74, 6) is -2.88. The highest BCUT2D eigenvalue weighted by Crippen LogP contribution is 2.41. The van der Waals surface area contributed by atoms with Crippen molar-refractivity contribution in [2.24, 2.45) is 16.8 Å². The molecule has 2 amide bonds. The number of aliphatic imine (C=N–C) groups is 1. The van der Waals surface area contributed by atoms with Crippen LogP contribution in [0.5, 0.6) is 0 Å². The summed E-state index contributed by atoms with van der Waals surface area (Å²) in [6.45, 7) is 11.2. The standard InChI is InChI=1S/C34H44N6O9/c1-19(2)26(39-32(45)49-33(5,6)7)31(44)47-27-23(16-46-25(41)15-21-11-9-8-10-12-21)48-34(17-35,28(27)42)24-14-13-22(38-24)29(37-18-36)40-30(43)20(3)4/h8-14,18-20,23,26-28,38,42H,15-16H2,1-7H3,(H,39,45)(H2,36,37,40,43)/t23-,26+,27-,28-,34+/m1/s1. The number of amidine groups is 1. The van der Waals surface area contributed by atoms with Crippen LogP contribution in [-0.4, -0.2) is 82.8 Å². The number of carbonyl (C=O) groups excluding carboxylic acids is 4. The zero-order valence-electron chi connectivity index (χ0n) is 28.6. The van der Waals surface area contributed by atoms with Crippen LogP contribution in [0.3, 0.4) is 0 Å². The summed E-state index contributed by atoms with van der Waals surface area (Å²) >= 11 is 0. The minimum Gasteiger partial charge on any atom is -0.463 e. The van der Waals surface area contributed by atoms with Gasteiger partial charge in [0.05, 0.1) is 17.8 Å². The number of nitrogens with one attached hydrogen (secondary N) is 4. The molecule has 264 valence electrons. The first-order valence-corrected chi connectivity index (χ1v) is 15.8. The number of rotatable bonds is 12. The number of esters is 2. The Bertz CT molecular complexity index is 1570. The second-order valence-corrected chi connectivity index (χ2v) is 13.1. The largest absolute Gasteiger partial charge is 0.463 e. The molecule has 0 aliphatic carbocycles. The molecule has 2 heterocycles. The molecule has 0 radical (unpaired) electrons. The van der Waals surface area contributed by atoms with Gasteiger partial charge in [-0.15, -0.1) is 0 Å². The molecule has 15 heteroatoms. The highest BCUT2D eigenvalue weighted by molar-refractivity contribution is 6.09. The summed E-state index contributed by atoms with van der Waals surface area (Å²) in [5, 5.41) is 34.6. The van der Waals surface area contributed by atoms with Crippen LogP contribution in [0.2, 0.25) is 0 Å². The number of nitriles is 1. The summed E-state index contributed by atoms with van der Waals surface area (Å²) < 4.78 is 22.6. The molecule has 1 aromatic heterocycles. The summed E-state index contributed by atoms with van der Waals surface area (Å²) in [4.78, 5) is 58.0. The third kappa shape index (κ3) is 9.97. The summed E-state index contributed by atoms with van der Waals surface area (Å²) in [7, 11) is 0. The quantitative estimate of drug-likeness (QED) is 0.0953. The van der Waals surface area contributed by atoms with Crippen molar-refractivity contribution in [1.29, 1.82) is 10.7 Å². The Morgan fingerprint density at radius 3 is 2.39 bits per heavy atom. The molecule has 15 nitrogen and oxygen atoms in total. The Kier molecular flexibility index (Phi) is 12.8. The molecular weight excluding hydrogens is 636 g/mol. The predicted octanol–water partition coefficient (Wildman–Crippen LogP) is 2.87. The van der Waals surface area contributed by atoms with Crippen LogP contribution in [0, 0.1) is 28.6 Å². The highest BCUT2D eigenvalue weighted by atomic mass is 16.6. The van der Waals surface area contributed by atoms with E-state index in [2.05, 4.69) is 20.6 Å². The molecule has 3 rings (SSSR count). The molecule has 1 aliphatic heterocycles. The molecule has 49 heavy (non-hydrogen) atoms. The van der Waals surface area contributed by atoms with Gasteiger partial charge in [-0.05, 0) is 44.4 Å². The molecule has 5 N–H and O–H groups in total. The van der Waals surface area contributed by atoms with Crippen molar-refractivity contribution in [1.82, 2.24) is 15.6 Å². The van der Waals surface area contributed by atoms with Crippen molar-refractivity contribution in [2.45, 2.75) is 90.4 Å². The minimum absolute atomic E-state index is 0.000396. The van der Waals surface area contributed by atoms with Gasteiger partial charge in [0.2, 0.25) is 11.5 Å². The van der Waals surface area contributed by atoms with Gasteiger partial charge in [0.1, 0.15) is 42.9 Å². The van der Waals surface area contributed by atoms with Gasteiger partial charge in [-0.25, -0.2) is 14.6 Å². The van der Waals surface area contributed by atoms with Crippen LogP contribution in [0.1, 0.15) is 65.4 Å². The Balaban J connectivity index is 1.94. The van der Waals surface area contributed by atoms with Gasteiger partial charge >= 0.3 is 18.0 Å². The Morgan fingerprint density at radius 2 is 1.82 bits per heavy atom. The summed E-state index contributed by atoms with van der Waals surface area (Å²) in [6, 6.07) is 12.4. The molecule has 1 saturated heterocycles. The number of alkyl carbamates (subject to hydrolysis) is 1. The third-order valence-corrected chi connectivity index (χ3v) is 7.34. The molecule has 0 unspecified atom stereocenters. The van der Waals surface area contributed by atoms with E-state index in [9.17, 15) is 29.5 Å². The van der Waals surface area contributed by atoms with Gasteiger partial charge < -0.3 is 39.7 Å². The summed E-state index contributed by atoms with van der Waals surface area (Å²) in [5.41, 5.74) is -2.16. The van der Waals surface area contributed by atoms with Crippen LogP contribution >= 0.6 is 0 Å². The van der Waals surface area contributed by atoms with Crippen molar-refractivity contribution in [3.63, 3.8) is 0 Å². The molecule has 0 bridgehead atoms. The fourth-order valence-electron chi connectivity index (χ4n) is 4.83. The number of carbonyl (C=O) groups is 4. The molecule has 0 saturated carbocycles. The van der Waals surface area contributed by atoms with Crippen molar-refractivity contribution in [3.05, 3.63) is 59.4 Å². The number of nitrogens with zero attached hydrogens (tertiary/aromatic N) is 2. The highest BCUT2D eigenvalue weighted by Gasteiger charge is 2.59. The number of aliphatic hydroxyl groups is 1. The fourth-order valence-corrected chi connectivity index (χ4v) is 4.83. The zero-order valence-corrected chi connectivity index (χ0v) is 28.6. The van der Waals surface area contributed by atoms with E-state index in [1.807, 2.05) is 6.07 Å². The number of aromatic nitrogens is 1. The average Bonchev–Trinajstić information content (AvgIpc) is 3.62. The topological polar surface area (TPSA) is 225 Å². The Labute approximate surface area is 284 Å². The fraction of sp³-hybridized carbons (Fsp3) is 0.500. The minimum atomic E-state index is -2.19. The predicted molar refractivity (Wildman–Crippen MR) is 176 cm³/mol. The second-order valence-electron chi connectivity index (χ2n) is 13.1. The molecular formula is C34H44N6O9. The van der Waals surface area contributed by atoms with Crippen LogP contribution < -0.4 is 10.6 Å². The van der Waals surface area contributed by atoms with Gasteiger partial charge in [-0.2, -0.15) is 5.26 Å². The number of aliphatic hydroxyl groups excluding tert-OH is 1. The van der Waals surface area contributed by atoms with Crippen molar-refractivity contribution >= 4 is 36.1 Å². The van der Waals surface area contributed by atoms with E-state index >= 15 is 0 Å². The van der Waals surface area contributed by atoms with E-state index in [-0.39, 0.29) is 29.6 Å². The van der Waals surface area contributed by atoms with Crippen LogP contribution in [-0.2, 0) is 45.4 Å². The van der Waals surface area contributed by atoms with Crippen molar-refractivity contribution < 1.29 is 43.2 Å². The number of hydrogen-bond acceptors (Lipinski definition) is 11. The lowest BCUT2D eigenvalue weighted by molar-refractivity contribution is -0.163. The van der Waals surface area contributed by atoms with Gasteiger partial charge in [0.25, 0.3) is 0 Å². The zero-order chi connectivity index (χ0) is 36.5. The molecule has 1 aliphatic rings. The van der Waals surface area contributed by atoms with E-state index in [4.69, 9.17) is 24.4 Å². The van der Waals surface area contributed by atoms with Gasteiger partial charge in [-0.3, -0.25) is 15.0 Å². The maximum absolute atomic E-state index is 13.5. The lowest BCUT2D eigenvalue weighted by Crippen LogP contribution is -2.50. The average molecular weight is 681 g/mol. The van der Waals surface area contributed by atoms with E-state index in [1.54, 1.807) is 78.8 Å². The monoisotopic (exact) mass is 680 g/mol. The van der Waals surface area contributed by atoms with Crippen molar-refractivity contribution in [2.75, 3.05) is 6.61 Å². The van der Waals surface area contributed by atoms with E-state index < -0.39 is 72.0 Å². The Morgan fingerprint density at radius 1 is 1.14 bits per heavy atom. The molecule has 1 aromatic carbocycles. The van der Waals surface area contributed by atoms with E-state index in [0.717, 1.165) is 6.34 Å². The first-order valence-electron chi connectivity index (χ1n) is 15.8. The third-order valence-electron chi connectivity index (χ3n) is 7.34. The number of benzene rings is 1. The molecule has 0 spiro atoms.